The highest BCUT2D eigenvalue weighted by molar-refractivity contribution is 7.90. The summed E-state index contributed by atoms with van der Waals surface area (Å²) in [6, 6.07) is 12.0. The highest BCUT2D eigenvalue weighted by Crippen LogP contribution is 2.34. The molecular weight excluding hydrogens is 384 g/mol. The van der Waals surface area contributed by atoms with E-state index in [-0.39, 0.29) is 6.04 Å². The molecule has 2 N–H and O–H groups in total. The van der Waals surface area contributed by atoms with E-state index in [4.69, 9.17) is 4.98 Å². The maximum absolute atomic E-state index is 12.4. The number of rotatable bonds is 4. The van der Waals surface area contributed by atoms with Gasteiger partial charge in [-0.1, -0.05) is 6.07 Å². The summed E-state index contributed by atoms with van der Waals surface area (Å²) >= 11 is 0. The van der Waals surface area contributed by atoms with Crippen molar-refractivity contribution in [3.8, 4) is 11.4 Å². The van der Waals surface area contributed by atoms with E-state index in [1.165, 1.54) is 5.69 Å². The molecule has 1 fully saturated rings. The third kappa shape index (κ3) is 4.21. The number of aromatic nitrogens is 3. The Morgan fingerprint density at radius 1 is 1.03 bits per heavy atom. The van der Waals surface area contributed by atoms with Crippen molar-refractivity contribution in [2.75, 3.05) is 0 Å². The zero-order valence-corrected chi connectivity index (χ0v) is 18.0. The number of nitrogens with zero attached hydrogens (tertiary/aromatic N) is 2. The van der Waals surface area contributed by atoms with Gasteiger partial charge in [0, 0.05) is 17.9 Å². The SMILES string of the molecule is CC(C)(C)S(=O)(=O)N[C@H]1CC[C@H](c2cc3nc(-c4ccccn4)ccc3[nH]2)CC1. The minimum atomic E-state index is -3.30. The molecule has 0 saturated heterocycles. The second-order valence-corrected chi connectivity index (χ2v) is 11.3. The van der Waals surface area contributed by atoms with E-state index in [0.29, 0.717) is 5.92 Å². The van der Waals surface area contributed by atoms with Crippen molar-refractivity contribution in [2.24, 2.45) is 0 Å². The Bertz CT molecular complexity index is 1090. The summed E-state index contributed by atoms with van der Waals surface area (Å²) in [5, 5.41) is 0. The summed E-state index contributed by atoms with van der Waals surface area (Å²) in [6.07, 6.45) is 5.38. The fourth-order valence-electron chi connectivity index (χ4n) is 3.82. The molecule has 1 aliphatic carbocycles. The van der Waals surface area contributed by atoms with Crippen molar-refractivity contribution >= 4 is 21.1 Å². The third-order valence-corrected chi connectivity index (χ3v) is 7.97. The Kier molecular flexibility index (Phi) is 5.21. The van der Waals surface area contributed by atoms with Crippen LogP contribution < -0.4 is 4.72 Å². The average Bonchev–Trinajstić information content (AvgIpc) is 3.11. The molecular formula is C22H28N4O2S. The monoisotopic (exact) mass is 412 g/mol. The van der Waals surface area contributed by atoms with Crippen LogP contribution in [0.15, 0.2) is 42.6 Å². The molecule has 0 aromatic carbocycles. The fourth-order valence-corrected chi connectivity index (χ4v) is 4.85. The smallest absolute Gasteiger partial charge is 0.216 e. The Hall–Kier alpha value is -2.25. The molecule has 0 bridgehead atoms. The van der Waals surface area contributed by atoms with E-state index in [2.05, 4.69) is 26.8 Å². The van der Waals surface area contributed by atoms with Gasteiger partial charge in [-0.25, -0.2) is 18.1 Å². The van der Waals surface area contributed by atoms with Gasteiger partial charge in [-0.05, 0) is 82.7 Å². The molecule has 0 radical (unpaired) electrons. The van der Waals surface area contributed by atoms with Crippen molar-refractivity contribution in [1.82, 2.24) is 19.7 Å². The van der Waals surface area contributed by atoms with Crippen LogP contribution in [0.2, 0.25) is 0 Å². The Morgan fingerprint density at radius 3 is 2.45 bits per heavy atom. The Morgan fingerprint density at radius 2 is 1.79 bits per heavy atom. The number of hydrogen-bond acceptors (Lipinski definition) is 4. The first-order valence-electron chi connectivity index (χ1n) is 10.2. The first-order valence-corrected chi connectivity index (χ1v) is 11.6. The molecule has 1 aliphatic rings. The molecule has 0 atom stereocenters. The summed E-state index contributed by atoms with van der Waals surface area (Å²) in [6.45, 7) is 5.20. The molecule has 154 valence electrons. The number of nitrogens with one attached hydrogen (secondary N) is 2. The third-order valence-electron chi connectivity index (χ3n) is 5.72. The Labute approximate surface area is 172 Å². The van der Waals surface area contributed by atoms with Gasteiger partial charge in [0.1, 0.15) is 0 Å². The molecule has 0 amide bonds. The lowest BCUT2D eigenvalue weighted by atomic mass is 9.84. The highest BCUT2D eigenvalue weighted by atomic mass is 32.2. The number of pyridine rings is 2. The predicted molar refractivity (Wildman–Crippen MR) is 116 cm³/mol. The molecule has 3 aromatic heterocycles. The summed E-state index contributed by atoms with van der Waals surface area (Å²) in [7, 11) is -3.30. The number of fused-ring (bicyclic) bond motifs is 1. The van der Waals surface area contributed by atoms with Crippen molar-refractivity contribution in [3.05, 3.63) is 48.3 Å². The van der Waals surface area contributed by atoms with E-state index >= 15 is 0 Å². The van der Waals surface area contributed by atoms with Gasteiger partial charge in [-0.3, -0.25) is 4.98 Å². The number of H-pyrrole nitrogens is 1. The van der Waals surface area contributed by atoms with E-state index < -0.39 is 14.8 Å². The maximum Gasteiger partial charge on any atom is 0.216 e. The highest BCUT2D eigenvalue weighted by Gasteiger charge is 2.33. The minimum Gasteiger partial charge on any atom is -0.357 e. The van der Waals surface area contributed by atoms with E-state index in [0.717, 1.165) is 48.1 Å². The maximum atomic E-state index is 12.4. The lowest BCUT2D eigenvalue weighted by Crippen LogP contribution is -2.45. The van der Waals surface area contributed by atoms with Crippen molar-refractivity contribution in [1.29, 1.82) is 0 Å². The topological polar surface area (TPSA) is 87.7 Å². The zero-order chi connectivity index (χ0) is 20.6. The van der Waals surface area contributed by atoms with E-state index in [1.807, 2.05) is 24.3 Å². The van der Waals surface area contributed by atoms with Gasteiger partial charge < -0.3 is 4.98 Å². The van der Waals surface area contributed by atoms with Crippen LogP contribution in [0.5, 0.6) is 0 Å². The van der Waals surface area contributed by atoms with Gasteiger partial charge in [0.2, 0.25) is 10.0 Å². The van der Waals surface area contributed by atoms with Crippen LogP contribution in [0, 0.1) is 0 Å². The fraction of sp³-hybridized carbons (Fsp3) is 0.455. The average molecular weight is 413 g/mol. The lowest BCUT2D eigenvalue weighted by molar-refractivity contribution is 0.368. The van der Waals surface area contributed by atoms with Gasteiger partial charge in [-0.2, -0.15) is 0 Å². The molecule has 29 heavy (non-hydrogen) atoms. The number of aromatic amines is 1. The normalized spacial score (nSPS) is 20.8. The molecule has 0 unspecified atom stereocenters. The van der Waals surface area contributed by atoms with E-state index in [9.17, 15) is 8.42 Å². The van der Waals surface area contributed by atoms with Crippen LogP contribution in [0.4, 0.5) is 0 Å². The van der Waals surface area contributed by atoms with Gasteiger partial charge in [0.15, 0.2) is 0 Å². The molecule has 0 aliphatic heterocycles. The van der Waals surface area contributed by atoms with Crippen LogP contribution in [0.3, 0.4) is 0 Å². The van der Waals surface area contributed by atoms with Crippen LogP contribution in [0.1, 0.15) is 58.1 Å². The van der Waals surface area contributed by atoms with E-state index in [1.54, 1.807) is 27.0 Å². The summed E-state index contributed by atoms with van der Waals surface area (Å²) in [4.78, 5) is 12.7. The van der Waals surface area contributed by atoms with Crippen molar-refractivity contribution < 1.29 is 8.42 Å². The predicted octanol–water partition coefficient (Wildman–Crippen LogP) is 4.37. The van der Waals surface area contributed by atoms with Crippen LogP contribution in [0.25, 0.3) is 22.4 Å². The molecule has 3 heterocycles. The van der Waals surface area contributed by atoms with Gasteiger partial charge in [0.25, 0.3) is 0 Å². The molecule has 3 aromatic rings. The second-order valence-electron chi connectivity index (χ2n) is 8.85. The van der Waals surface area contributed by atoms with Crippen molar-refractivity contribution in [2.45, 2.75) is 63.2 Å². The lowest BCUT2D eigenvalue weighted by Gasteiger charge is -2.31. The van der Waals surface area contributed by atoms with Crippen LogP contribution in [-0.4, -0.2) is 34.2 Å². The second kappa shape index (κ2) is 7.54. The molecule has 1 saturated carbocycles. The summed E-state index contributed by atoms with van der Waals surface area (Å²) < 4.78 is 26.9. The van der Waals surface area contributed by atoms with Gasteiger partial charge in [0.05, 0.1) is 27.2 Å². The van der Waals surface area contributed by atoms with Crippen LogP contribution >= 0.6 is 0 Å². The minimum absolute atomic E-state index is 0.0220. The summed E-state index contributed by atoms with van der Waals surface area (Å²) in [5.41, 5.74) is 4.88. The van der Waals surface area contributed by atoms with Gasteiger partial charge >= 0.3 is 0 Å². The molecule has 6 nitrogen and oxygen atoms in total. The Balaban J connectivity index is 1.46. The zero-order valence-electron chi connectivity index (χ0n) is 17.1. The number of hydrogen-bond donors (Lipinski definition) is 2. The molecule has 0 spiro atoms. The van der Waals surface area contributed by atoms with Gasteiger partial charge in [-0.15, -0.1) is 0 Å². The van der Waals surface area contributed by atoms with Crippen LogP contribution in [-0.2, 0) is 10.0 Å². The summed E-state index contributed by atoms with van der Waals surface area (Å²) in [5.74, 6) is 0.401. The first-order chi connectivity index (χ1) is 13.7. The molecule has 7 heteroatoms. The first kappa shape index (κ1) is 20.0. The molecule has 4 rings (SSSR count). The van der Waals surface area contributed by atoms with Crippen molar-refractivity contribution in [3.63, 3.8) is 0 Å². The largest absolute Gasteiger partial charge is 0.357 e. The number of sulfonamides is 1. The quantitative estimate of drug-likeness (QED) is 0.666. The standard InChI is InChI=1S/C22H28N4O2S/c1-22(2,3)29(27,28)26-16-9-7-15(8-10-16)20-14-21-19(24-20)12-11-18(25-21)17-6-4-5-13-23-17/h4-6,11-16,24,26H,7-10H2,1-3H3/t15-,16-.